The Hall–Kier alpha value is -3.79. The van der Waals surface area contributed by atoms with E-state index in [4.69, 9.17) is 0 Å². The summed E-state index contributed by atoms with van der Waals surface area (Å²) < 4.78 is 10.9. The fraction of sp³-hybridized carbons (Fsp3) is 0. The molecular formula is C30H26NO3P. The number of nitrogens with zero attached hydrogens (tertiary/aromatic N) is 1. The summed E-state index contributed by atoms with van der Waals surface area (Å²) in [5, 5.41) is -0.157. The van der Waals surface area contributed by atoms with Crippen molar-refractivity contribution in [3.05, 3.63) is 152 Å². The zero-order valence-corrected chi connectivity index (χ0v) is 19.9. The van der Waals surface area contributed by atoms with Gasteiger partial charge in [0.25, 0.3) is 0 Å². The average Bonchev–Trinajstić information content (AvgIpc) is 2.92. The number of para-hydroxylation sites is 4. The molecule has 5 aromatic carbocycles. The molecule has 5 heteroatoms. The van der Waals surface area contributed by atoms with Crippen molar-refractivity contribution in [1.82, 2.24) is 4.48 Å². The van der Waals surface area contributed by atoms with E-state index in [0.717, 1.165) is 0 Å². The summed E-state index contributed by atoms with van der Waals surface area (Å²) in [7, 11) is -4.52. The van der Waals surface area contributed by atoms with Crippen LogP contribution in [0.1, 0.15) is 1.43 Å². The molecule has 0 amide bonds. The minimum Gasteiger partial charge on any atom is -0.807 e. The van der Waals surface area contributed by atoms with Crippen LogP contribution in [0.15, 0.2) is 152 Å². The zero-order chi connectivity index (χ0) is 24.6. The molecule has 5 rings (SSSR count). The summed E-state index contributed by atoms with van der Waals surface area (Å²) in [6.45, 7) is 0. The van der Waals surface area contributed by atoms with Gasteiger partial charge in [0.05, 0.1) is 0 Å². The van der Waals surface area contributed by atoms with Crippen LogP contribution < -0.4 is 19.6 Å². The van der Waals surface area contributed by atoms with Gasteiger partial charge in [-0.3, -0.25) is 0 Å². The first-order valence-electron chi connectivity index (χ1n) is 11.2. The molecule has 0 aromatic heterocycles. The summed E-state index contributed by atoms with van der Waals surface area (Å²) >= 11 is 0. The van der Waals surface area contributed by atoms with Crippen LogP contribution in [0.5, 0.6) is 0 Å². The minimum atomic E-state index is -4.52. The fourth-order valence-electron chi connectivity index (χ4n) is 4.11. The average molecular weight is 480 g/mol. The Labute approximate surface area is 207 Å². The number of hydrogen-bond donors (Lipinski definition) is 0. The molecule has 0 radical (unpaired) electrons. The zero-order valence-electron chi connectivity index (χ0n) is 20.1. The SMILES string of the molecule is O=P([O-])([O-])c1ccccc1.[H+].c1ccc([N+](c2ccccc2)(c2ccccc2)c2ccccc2)cc1. The highest BCUT2D eigenvalue weighted by Gasteiger charge is 2.38. The van der Waals surface area contributed by atoms with Gasteiger partial charge in [0.15, 0.2) is 0 Å². The van der Waals surface area contributed by atoms with Gasteiger partial charge in [-0.25, -0.2) is 0 Å². The third kappa shape index (κ3) is 5.48. The molecule has 0 saturated heterocycles. The van der Waals surface area contributed by atoms with E-state index in [1.54, 1.807) is 6.07 Å². The van der Waals surface area contributed by atoms with Gasteiger partial charge in [0.1, 0.15) is 22.7 Å². The standard InChI is InChI=1S/C24H20N.C6H7O3P/c1-5-13-21(14-6-1)25(22-15-7-2-8-16-22,23-17-9-3-10-18-23)24-19-11-4-12-20-24;7-10(8,9)6-4-2-1-3-5-6/h1-20H;1-5H,(H2,7,8,9)/q+1;/p-1. The Morgan fingerprint density at radius 1 is 0.429 bits per heavy atom. The van der Waals surface area contributed by atoms with Crippen LogP contribution in [0.2, 0.25) is 0 Å². The molecule has 35 heavy (non-hydrogen) atoms. The maximum atomic E-state index is 10.3. The monoisotopic (exact) mass is 479 g/mol. The van der Waals surface area contributed by atoms with E-state index >= 15 is 0 Å². The van der Waals surface area contributed by atoms with Gasteiger partial charge >= 0.3 is 1.43 Å². The van der Waals surface area contributed by atoms with Crippen LogP contribution >= 0.6 is 7.60 Å². The molecular weight excluding hydrogens is 453 g/mol. The first-order chi connectivity index (χ1) is 17.0. The van der Waals surface area contributed by atoms with E-state index in [-0.39, 0.29) is 6.73 Å². The summed E-state index contributed by atoms with van der Waals surface area (Å²) in [6, 6.07) is 50.0. The summed E-state index contributed by atoms with van der Waals surface area (Å²) in [4.78, 5) is 20.6. The maximum absolute atomic E-state index is 10.3. The largest absolute Gasteiger partial charge is 1.00 e. The van der Waals surface area contributed by atoms with Crippen LogP contribution in [0.25, 0.3) is 0 Å². The van der Waals surface area contributed by atoms with Crippen LogP contribution in [0.3, 0.4) is 0 Å². The smallest absolute Gasteiger partial charge is 0.807 e. The Morgan fingerprint density at radius 2 is 0.657 bits per heavy atom. The molecule has 0 aliphatic carbocycles. The topological polar surface area (TPSA) is 63.2 Å². The van der Waals surface area contributed by atoms with Crippen LogP contribution in [-0.2, 0) is 4.57 Å². The Bertz CT molecular complexity index is 1200. The number of benzene rings is 5. The third-order valence-electron chi connectivity index (χ3n) is 5.65. The highest BCUT2D eigenvalue weighted by molar-refractivity contribution is 7.57. The first kappa shape index (κ1) is 24.3. The molecule has 4 nitrogen and oxygen atoms in total. The van der Waals surface area contributed by atoms with E-state index < -0.39 is 7.60 Å². The van der Waals surface area contributed by atoms with Gasteiger partial charge in [-0.05, 0) is 12.9 Å². The molecule has 0 heterocycles. The number of quaternary nitrogens is 1. The molecule has 0 unspecified atom stereocenters. The van der Waals surface area contributed by atoms with Crippen molar-refractivity contribution < 1.29 is 15.8 Å². The maximum Gasteiger partial charge on any atom is 1.00 e. The van der Waals surface area contributed by atoms with E-state index in [1.165, 1.54) is 47.0 Å². The van der Waals surface area contributed by atoms with Crippen molar-refractivity contribution in [3.8, 4) is 0 Å². The minimum absolute atomic E-state index is 0. The van der Waals surface area contributed by atoms with Gasteiger partial charge in [-0.2, -0.15) is 4.48 Å². The number of hydrogen-bond acceptors (Lipinski definition) is 3. The summed E-state index contributed by atoms with van der Waals surface area (Å²) in [6.07, 6.45) is 0. The predicted molar refractivity (Wildman–Crippen MR) is 141 cm³/mol. The Kier molecular flexibility index (Phi) is 7.71. The predicted octanol–water partition coefficient (Wildman–Crippen LogP) is 6.33. The van der Waals surface area contributed by atoms with Crippen molar-refractivity contribution in [2.45, 2.75) is 0 Å². The van der Waals surface area contributed by atoms with Crippen molar-refractivity contribution in [3.63, 3.8) is 0 Å². The molecule has 0 aliphatic rings. The molecule has 0 N–H and O–H groups in total. The lowest BCUT2D eigenvalue weighted by atomic mass is 10.1. The summed E-state index contributed by atoms with van der Waals surface area (Å²) in [5.74, 6) is 0. The second-order valence-corrected chi connectivity index (χ2v) is 9.36. The van der Waals surface area contributed by atoms with Gasteiger partial charge in [0, 0.05) is 48.5 Å². The molecule has 0 atom stereocenters. The molecule has 0 bridgehead atoms. The van der Waals surface area contributed by atoms with E-state index in [9.17, 15) is 14.4 Å². The van der Waals surface area contributed by atoms with Crippen molar-refractivity contribution in [2.24, 2.45) is 0 Å². The Morgan fingerprint density at radius 3 is 0.857 bits per heavy atom. The second-order valence-electron chi connectivity index (χ2n) is 7.85. The summed E-state index contributed by atoms with van der Waals surface area (Å²) in [5.41, 5.74) is 4.86. The molecule has 0 spiro atoms. The molecule has 0 aliphatic heterocycles. The van der Waals surface area contributed by atoms with Crippen molar-refractivity contribution in [1.29, 1.82) is 0 Å². The third-order valence-corrected chi connectivity index (χ3v) is 6.58. The first-order valence-corrected chi connectivity index (χ1v) is 12.8. The second kappa shape index (κ2) is 11.1. The lowest BCUT2D eigenvalue weighted by molar-refractivity contribution is -0.307. The van der Waals surface area contributed by atoms with Crippen molar-refractivity contribution >= 4 is 35.6 Å². The molecule has 0 saturated carbocycles. The highest BCUT2D eigenvalue weighted by atomic mass is 31.2. The van der Waals surface area contributed by atoms with Crippen molar-refractivity contribution in [2.75, 3.05) is 0 Å². The number of rotatable bonds is 5. The van der Waals surface area contributed by atoms with Crippen LogP contribution in [0, 0.1) is 0 Å². The van der Waals surface area contributed by atoms with Gasteiger partial charge < -0.3 is 14.4 Å². The van der Waals surface area contributed by atoms with Gasteiger partial charge in [-0.15, -0.1) is 0 Å². The van der Waals surface area contributed by atoms with Gasteiger partial charge in [-0.1, -0.05) is 103 Å². The molecule has 174 valence electrons. The van der Waals surface area contributed by atoms with E-state index in [1.807, 2.05) is 0 Å². The molecule has 5 aromatic rings. The lowest BCUT2D eigenvalue weighted by Crippen LogP contribution is -2.33. The Balaban J connectivity index is 0.000000278. The fourth-order valence-corrected chi connectivity index (χ4v) is 4.65. The quantitative estimate of drug-likeness (QED) is 0.219. The van der Waals surface area contributed by atoms with Gasteiger partial charge in [0.2, 0.25) is 0 Å². The molecule has 0 fully saturated rings. The van der Waals surface area contributed by atoms with E-state index in [2.05, 4.69) is 121 Å². The normalized spacial score (nSPS) is 11.3. The van der Waals surface area contributed by atoms with Crippen LogP contribution in [-0.4, -0.2) is 0 Å². The highest BCUT2D eigenvalue weighted by Crippen LogP contribution is 2.50. The van der Waals surface area contributed by atoms with Crippen LogP contribution in [0.4, 0.5) is 22.7 Å². The van der Waals surface area contributed by atoms with E-state index in [0.29, 0.717) is 4.48 Å². The lowest BCUT2D eigenvalue weighted by Gasteiger charge is -2.37.